The monoisotopic (exact) mass is 240 g/mol. The number of hydrogen-bond donors (Lipinski definition) is 0. The highest BCUT2D eigenvalue weighted by molar-refractivity contribution is 5.81. The van der Waals surface area contributed by atoms with Gasteiger partial charge in [-0.1, -0.05) is 34.1 Å². The molecule has 0 N–H and O–H groups in total. The standard InChI is InChI=1S/C15H28O2/c1-6-12-14(17-5)9-10-15(12,8-3)11(4)13(16)7-2/h11-12,14H,6-10H2,1-5H3/t11-,12-,14+,15-/m0/s1. The Bertz CT molecular complexity index is 262. The van der Waals surface area contributed by atoms with Crippen LogP contribution in [0.3, 0.4) is 0 Å². The average molecular weight is 240 g/mol. The van der Waals surface area contributed by atoms with E-state index in [9.17, 15) is 4.79 Å². The zero-order chi connectivity index (χ0) is 13.1. The van der Waals surface area contributed by atoms with Crippen molar-refractivity contribution >= 4 is 5.78 Å². The van der Waals surface area contributed by atoms with E-state index in [1.165, 1.54) is 0 Å². The lowest BCUT2D eigenvalue weighted by atomic mass is 9.64. The van der Waals surface area contributed by atoms with Crippen molar-refractivity contribution < 1.29 is 9.53 Å². The summed E-state index contributed by atoms with van der Waals surface area (Å²) in [5.74, 6) is 1.15. The van der Waals surface area contributed by atoms with Crippen LogP contribution in [-0.4, -0.2) is 19.0 Å². The van der Waals surface area contributed by atoms with Gasteiger partial charge in [0.1, 0.15) is 5.78 Å². The molecular formula is C15H28O2. The fourth-order valence-electron chi connectivity index (χ4n) is 4.03. The summed E-state index contributed by atoms with van der Waals surface area (Å²) < 4.78 is 5.62. The van der Waals surface area contributed by atoms with Crippen LogP contribution in [0.4, 0.5) is 0 Å². The Morgan fingerprint density at radius 2 is 2.06 bits per heavy atom. The van der Waals surface area contributed by atoms with Gasteiger partial charge in [-0.3, -0.25) is 4.79 Å². The lowest BCUT2D eigenvalue weighted by Gasteiger charge is -2.40. The van der Waals surface area contributed by atoms with Crippen LogP contribution in [0.2, 0.25) is 0 Å². The molecule has 0 bridgehead atoms. The molecule has 0 unspecified atom stereocenters. The summed E-state index contributed by atoms with van der Waals surface area (Å²) in [6.45, 7) is 8.58. The first kappa shape index (κ1) is 14.7. The van der Waals surface area contributed by atoms with E-state index < -0.39 is 0 Å². The first-order valence-corrected chi connectivity index (χ1v) is 7.12. The lowest BCUT2D eigenvalue weighted by Crippen LogP contribution is -2.39. The van der Waals surface area contributed by atoms with Gasteiger partial charge in [0.15, 0.2) is 0 Å². The maximum atomic E-state index is 12.1. The largest absolute Gasteiger partial charge is 0.381 e. The molecule has 0 aromatic heterocycles. The molecular weight excluding hydrogens is 212 g/mol. The van der Waals surface area contributed by atoms with E-state index in [2.05, 4.69) is 20.8 Å². The van der Waals surface area contributed by atoms with Crippen LogP contribution in [0.15, 0.2) is 0 Å². The van der Waals surface area contributed by atoms with Gasteiger partial charge in [-0.05, 0) is 30.6 Å². The number of methoxy groups -OCH3 is 1. The predicted octanol–water partition coefficient (Wildman–Crippen LogP) is 3.83. The van der Waals surface area contributed by atoms with Crippen molar-refractivity contribution in [2.45, 2.75) is 65.9 Å². The van der Waals surface area contributed by atoms with E-state index in [-0.39, 0.29) is 11.3 Å². The molecule has 1 aliphatic carbocycles. The number of carbonyl (C=O) groups is 1. The number of hydrogen-bond acceptors (Lipinski definition) is 2. The third-order valence-electron chi connectivity index (χ3n) is 5.18. The molecule has 1 saturated carbocycles. The summed E-state index contributed by atoms with van der Waals surface area (Å²) in [6, 6.07) is 0. The quantitative estimate of drug-likeness (QED) is 0.705. The van der Waals surface area contributed by atoms with Crippen LogP contribution < -0.4 is 0 Å². The highest BCUT2D eigenvalue weighted by atomic mass is 16.5. The Hall–Kier alpha value is -0.370. The summed E-state index contributed by atoms with van der Waals surface area (Å²) in [6.07, 6.45) is 5.49. The molecule has 0 aromatic rings. The molecule has 1 aliphatic rings. The van der Waals surface area contributed by atoms with Crippen molar-refractivity contribution in [1.82, 2.24) is 0 Å². The Balaban J connectivity index is 2.98. The number of rotatable bonds is 6. The summed E-state index contributed by atoms with van der Waals surface area (Å²) in [7, 11) is 1.81. The number of ketones is 1. The maximum Gasteiger partial charge on any atom is 0.135 e. The van der Waals surface area contributed by atoms with Gasteiger partial charge < -0.3 is 4.74 Å². The third kappa shape index (κ3) is 2.42. The minimum atomic E-state index is 0.183. The summed E-state index contributed by atoms with van der Waals surface area (Å²) >= 11 is 0. The summed E-state index contributed by atoms with van der Waals surface area (Å²) in [5.41, 5.74) is 0.183. The smallest absolute Gasteiger partial charge is 0.135 e. The zero-order valence-electron chi connectivity index (χ0n) is 12.1. The van der Waals surface area contributed by atoms with E-state index >= 15 is 0 Å². The summed E-state index contributed by atoms with van der Waals surface area (Å²) in [4.78, 5) is 12.1. The Morgan fingerprint density at radius 3 is 2.47 bits per heavy atom. The van der Waals surface area contributed by atoms with Gasteiger partial charge in [0.2, 0.25) is 0 Å². The molecule has 0 amide bonds. The van der Waals surface area contributed by atoms with Crippen LogP contribution in [0.1, 0.15) is 59.8 Å². The van der Waals surface area contributed by atoms with Crippen molar-refractivity contribution in [3.05, 3.63) is 0 Å². The SMILES string of the molecule is CCC(=O)[C@H](C)[C@]1(CC)CC[C@@H](OC)[C@@H]1CC. The first-order chi connectivity index (χ1) is 8.07. The molecule has 2 heteroatoms. The van der Waals surface area contributed by atoms with Gasteiger partial charge in [-0.2, -0.15) is 0 Å². The molecule has 0 aliphatic heterocycles. The molecule has 1 rings (SSSR count). The van der Waals surface area contributed by atoms with Gasteiger partial charge in [0.05, 0.1) is 6.10 Å². The zero-order valence-corrected chi connectivity index (χ0v) is 12.1. The maximum absolute atomic E-state index is 12.1. The van der Waals surface area contributed by atoms with Gasteiger partial charge in [-0.15, -0.1) is 0 Å². The normalized spacial score (nSPS) is 34.9. The Kier molecular flexibility index (Phi) is 5.18. The van der Waals surface area contributed by atoms with Crippen molar-refractivity contribution in [3.63, 3.8) is 0 Å². The van der Waals surface area contributed by atoms with Crippen LogP contribution in [-0.2, 0) is 9.53 Å². The van der Waals surface area contributed by atoms with E-state index in [1.807, 2.05) is 14.0 Å². The van der Waals surface area contributed by atoms with Crippen molar-refractivity contribution in [3.8, 4) is 0 Å². The summed E-state index contributed by atoms with van der Waals surface area (Å²) in [5, 5.41) is 0. The fraction of sp³-hybridized carbons (Fsp3) is 0.933. The lowest BCUT2D eigenvalue weighted by molar-refractivity contribution is -0.128. The molecule has 1 fully saturated rings. The van der Waals surface area contributed by atoms with Crippen molar-refractivity contribution in [2.75, 3.05) is 7.11 Å². The van der Waals surface area contributed by atoms with E-state index in [1.54, 1.807) is 0 Å². The highest BCUT2D eigenvalue weighted by Gasteiger charge is 2.50. The molecule has 17 heavy (non-hydrogen) atoms. The van der Waals surface area contributed by atoms with Gasteiger partial charge >= 0.3 is 0 Å². The molecule has 4 atom stereocenters. The molecule has 0 heterocycles. The first-order valence-electron chi connectivity index (χ1n) is 7.12. The molecule has 0 spiro atoms. The minimum Gasteiger partial charge on any atom is -0.381 e. The molecule has 0 aromatic carbocycles. The van der Waals surface area contributed by atoms with Crippen molar-refractivity contribution in [2.24, 2.45) is 17.3 Å². The predicted molar refractivity (Wildman–Crippen MR) is 71.0 cm³/mol. The van der Waals surface area contributed by atoms with Gasteiger partial charge in [-0.25, -0.2) is 0 Å². The van der Waals surface area contributed by atoms with E-state index in [0.29, 0.717) is 24.2 Å². The van der Waals surface area contributed by atoms with Crippen LogP contribution in [0, 0.1) is 17.3 Å². The second-order valence-electron chi connectivity index (χ2n) is 5.46. The highest BCUT2D eigenvalue weighted by Crippen LogP contribution is 2.53. The fourth-order valence-corrected chi connectivity index (χ4v) is 4.03. The van der Waals surface area contributed by atoms with E-state index in [0.717, 1.165) is 25.7 Å². The molecule has 2 nitrogen and oxygen atoms in total. The average Bonchev–Trinajstić information content (AvgIpc) is 2.75. The van der Waals surface area contributed by atoms with Crippen LogP contribution in [0.25, 0.3) is 0 Å². The Morgan fingerprint density at radius 1 is 1.41 bits per heavy atom. The minimum absolute atomic E-state index is 0.183. The van der Waals surface area contributed by atoms with Gasteiger partial charge in [0, 0.05) is 19.4 Å². The number of ether oxygens (including phenoxy) is 1. The third-order valence-corrected chi connectivity index (χ3v) is 5.18. The second-order valence-corrected chi connectivity index (χ2v) is 5.46. The molecule has 0 radical (unpaired) electrons. The number of Topliss-reactive ketones (excluding diaryl/α,β-unsaturated/α-hetero) is 1. The van der Waals surface area contributed by atoms with Gasteiger partial charge in [0.25, 0.3) is 0 Å². The van der Waals surface area contributed by atoms with Crippen molar-refractivity contribution in [1.29, 1.82) is 0 Å². The molecule has 0 saturated heterocycles. The second kappa shape index (κ2) is 5.99. The topological polar surface area (TPSA) is 26.3 Å². The van der Waals surface area contributed by atoms with Crippen LogP contribution in [0.5, 0.6) is 0 Å². The van der Waals surface area contributed by atoms with E-state index in [4.69, 9.17) is 4.74 Å². The Labute approximate surface area is 106 Å². The number of carbonyl (C=O) groups excluding carboxylic acids is 1. The van der Waals surface area contributed by atoms with Crippen LogP contribution >= 0.6 is 0 Å². The molecule has 100 valence electrons.